The van der Waals surface area contributed by atoms with Crippen LogP contribution in [0.25, 0.3) is 10.1 Å². The Balaban J connectivity index is 2.69. The van der Waals surface area contributed by atoms with Gasteiger partial charge in [-0.25, -0.2) is 8.78 Å². The highest BCUT2D eigenvalue weighted by atomic mass is 79.9. The van der Waals surface area contributed by atoms with Gasteiger partial charge in [-0.3, -0.25) is 0 Å². The van der Waals surface area contributed by atoms with Gasteiger partial charge in [0.25, 0.3) is 5.92 Å². The lowest BCUT2D eigenvalue weighted by atomic mass is 10.2. The smallest absolute Gasteiger partial charge is 0.201 e. The number of alkyl halides is 2. The Bertz CT molecular complexity index is 470. The Labute approximate surface area is 92.7 Å². The van der Waals surface area contributed by atoms with E-state index in [4.69, 9.17) is 0 Å². The number of fused-ring (bicyclic) bond motifs is 1. The molecule has 0 atom stereocenters. The Kier molecular flexibility index (Phi) is 2.35. The van der Waals surface area contributed by atoms with E-state index < -0.39 is 5.92 Å². The predicted molar refractivity (Wildman–Crippen MR) is 59.1 cm³/mol. The van der Waals surface area contributed by atoms with Crippen LogP contribution in [0.5, 0.6) is 0 Å². The lowest BCUT2D eigenvalue weighted by molar-refractivity contribution is 0.0216. The van der Waals surface area contributed by atoms with Crippen LogP contribution in [0.2, 0.25) is 0 Å². The molecule has 0 aliphatic rings. The Morgan fingerprint density at radius 1 is 1.36 bits per heavy atom. The molecule has 1 aromatic heterocycles. The fourth-order valence-electron chi connectivity index (χ4n) is 1.24. The minimum Gasteiger partial charge on any atom is -0.201 e. The van der Waals surface area contributed by atoms with Gasteiger partial charge in [0.05, 0.1) is 4.88 Å². The third-order valence-electron chi connectivity index (χ3n) is 1.94. The first-order valence-corrected chi connectivity index (χ1v) is 5.66. The fourth-order valence-corrected chi connectivity index (χ4v) is 2.87. The molecular weight excluding hydrogens is 270 g/mol. The van der Waals surface area contributed by atoms with Crippen LogP contribution >= 0.6 is 27.3 Å². The van der Waals surface area contributed by atoms with Gasteiger partial charge in [0.2, 0.25) is 0 Å². The van der Waals surface area contributed by atoms with Gasteiger partial charge in [0, 0.05) is 21.5 Å². The van der Waals surface area contributed by atoms with E-state index in [9.17, 15) is 8.78 Å². The van der Waals surface area contributed by atoms with Crippen LogP contribution in [0.15, 0.2) is 28.7 Å². The van der Waals surface area contributed by atoms with Crippen LogP contribution in [0.4, 0.5) is 8.78 Å². The third-order valence-corrected chi connectivity index (χ3v) is 3.90. The summed E-state index contributed by atoms with van der Waals surface area (Å²) in [7, 11) is 0. The summed E-state index contributed by atoms with van der Waals surface area (Å²) in [6.45, 7) is 0.922. The summed E-state index contributed by atoms with van der Waals surface area (Å²) in [5.74, 6) is -2.75. The van der Waals surface area contributed by atoms with Gasteiger partial charge in [-0.05, 0) is 18.2 Å². The van der Waals surface area contributed by atoms with Crippen molar-refractivity contribution < 1.29 is 8.78 Å². The van der Waals surface area contributed by atoms with E-state index >= 15 is 0 Å². The first-order valence-electron chi connectivity index (χ1n) is 4.05. The molecule has 0 N–H and O–H groups in total. The van der Waals surface area contributed by atoms with Crippen LogP contribution in [-0.4, -0.2) is 0 Å². The van der Waals surface area contributed by atoms with Crippen LogP contribution in [0.3, 0.4) is 0 Å². The molecule has 0 fully saturated rings. The molecule has 14 heavy (non-hydrogen) atoms. The normalized spacial score (nSPS) is 12.3. The zero-order valence-corrected chi connectivity index (χ0v) is 9.75. The molecule has 2 aromatic rings. The molecule has 74 valence electrons. The maximum absolute atomic E-state index is 13.0. The summed E-state index contributed by atoms with van der Waals surface area (Å²) in [6, 6.07) is 7.09. The van der Waals surface area contributed by atoms with E-state index in [0.717, 1.165) is 32.8 Å². The number of halogens is 3. The van der Waals surface area contributed by atoms with Gasteiger partial charge < -0.3 is 0 Å². The molecular formula is C10H7BrF2S. The highest BCUT2D eigenvalue weighted by molar-refractivity contribution is 9.10. The van der Waals surface area contributed by atoms with Crippen molar-refractivity contribution in [2.45, 2.75) is 12.8 Å². The second kappa shape index (κ2) is 3.28. The molecule has 0 bridgehead atoms. The molecule has 4 heteroatoms. The van der Waals surface area contributed by atoms with Gasteiger partial charge in [-0.2, -0.15) is 0 Å². The predicted octanol–water partition coefficient (Wildman–Crippen LogP) is 4.78. The van der Waals surface area contributed by atoms with Gasteiger partial charge in [0.1, 0.15) is 0 Å². The van der Waals surface area contributed by atoms with Crippen molar-refractivity contribution in [1.29, 1.82) is 0 Å². The van der Waals surface area contributed by atoms with E-state index in [1.807, 2.05) is 18.2 Å². The van der Waals surface area contributed by atoms with Gasteiger partial charge in [0.15, 0.2) is 0 Å². The van der Waals surface area contributed by atoms with Gasteiger partial charge >= 0.3 is 0 Å². The minimum atomic E-state index is -2.75. The number of hydrogen-bond donors (Lipinski definition) is 0. The van der Waals surface area contributed by atoms with Gasteiger partial charge in [-0.15, -0.1) is 11.3 Å². The van der Waals surface area contributed by atoms with Crippen molar-refractivity contribution in [2.24, 2.45) is 0 Å². The van der Waals surface area contributed by atoms with E-state index in [2.05, 4.69) is 15.9 Å². The van der Waals surface area contributed by atoms with Crippen molar-refractivity contribution in [2.75, 3.05) is 0 Å². The average molecular weight is 277 g/mol. The van der Waals surface area contributed by atoms with Crippen molar-refractivity contribution >= 4 is 37.4 Å². The summed E-state index contributed by atoms with van der Waals surface area (Å²) < 4.78 is 27.8. The first kappa shape index (κ1) is 10.1. The third kappa shape index (κ3) is 1.68. The van der Waals surface area contributed by atoms with Crippen molar-refractivity contribution in [3.63, 3.8) is 0 Å². The quantitative estimate of drug-likeness (QED) is 0.704. The lowest BCUT2D eigenvalue weighted by Gasteiger charge is -2.04. The second-order valence-electron chi connectivity index (χ2n) is 3.15. The lowest BCUT2D eigenvalue weighted by Crippen LogP contribution is -2.02. The molecule has 0 nitrogen and oxygen atoms in total. The van der Waals surface area contributed by atoms with Crippen LogP contribution in [0, 0.1) is 0 Å². The number of hydrogen-bond acceptors (Lipinski definition) is 1. The molecule has 0 amide bonds. The van der Waals surface area contributed by atoms with Crippen LogP contribution < -0.4 is 0 Å². The molecule has 0 aliphatic heterocycles. The molecule has 0 spiro atoms. The summed E-state index contributed by atoms with van der Waals surface area (Å²) >= 11 is 4.48. The Morgan fingerprint density at radius 2 is 2.07 bits per heavy atom. The summed E-state index contributed by atoms with van der Waals surface area (Å²) in [5.41, 5.74) is 0. The molecule has 1 heterocycles. The topological polar surface area (TPSA) is 0 Å². The van der Waals surface area contributed by atoms with Crippen LogP contribution in [0.1, 0.15) is 11.8 Å². The van der Waals surface area contributed by atoms with E-state index in [1.165, 1.54) is 0 Å². The van der Waals surface area contributed by atoms with Crippen molar-refractivity contribution in [1.82, 2.24) is 0 Å². The fraction of sp³-hybridized carbons (Fsp3) is 0.200. The summed E-state index contributed by atoms with van der Waals surface area (Å²) in [5, 5.41) is 0.856. The summed E-state index contributed by atoms with van der Waals surface area (Å²) in [4.78, 5) is 0.111. The average Bonchev–Trinajstić information content (AvgIpc) is 2.48. The van der Waals surface area contributed by atoms with E-state index in [-0.39, 0.29) is 4.88 Å². The van der Waals surface area contributed by atoms with E-state index in [0.29, 0.717) is 0 Å². The van der Waals surface area contributed by atoms with E-state index in [1.54, 1.807) is 6.07 Å². The second-order valence-corrected chi connectivity index (χ2v) is 5.09. The maximum atomic E-state index is 13.0. The van der Waals surface area contributed by atoms with Crippen LogP contribution in [-0.2, 0) is 5.92 Å². The Hall–Kier alpha value is -0.480. The number of benzene rings is 1. The molecule has 1 aromatic carbocycles. The molecule has 0 saturated carbocycles. The largest absolute Gasteiger partial charge is 0.279 e. The molecule has 2 rings (SSSR count). The number of rotatable bonds is 1. The highest BCUT2D eigenvalue weighted by Gasteiger charge is 2.26. The maximum Gasteiger partial charge on any atom is 0.279 e. The van der Waals surface area contributed by atoms with Crippen molar-refractivity contribution in [3.05, 3.63) is 33.6 Å². The molecule has 0 aliphatic carbocycles. The molecule has 0 radical (unpaired) electrons. The zero-order chi connectivity index (χ0) is 10.3. The van der Waals surface area contributed by atoms with Gasteiger partial charge in [-0.1, -0.05) is 22.0 Å². The Morgan fingerprint density at radius 3 is 2.64 bits per heavy atom. The number of thiophene rings is 1. The highest BCUT2D eigenvalue weighted by Crippen LogP contribution is 2.38. The summed E-state index contributed by atoms with van der Waals surface area (Å²) in [6.07, 6.45) is 0. The molecule has 0 saturated heterocycles. The first-order chi connectivity index (χ1) is 6.48. The monoisotopic (exact) mass is 276 g/mol. The zero-order valence-electron chi connectivity index (χ0n) is 7.35. The SMILES string of the molecule is CC(F)(F)c1cc2c(Br)cccc2s1. The molecule has 0 unspecified atom stereocenters. The minimum absolute atomic E-state index is 0.111. The van der Waals surface area contributed by atoms with Crippen molar-refractivity contribution in [3.8, 4) is 0 Å². The standard InChI is InChI=1S/C10H7BrF2S/c1-10(12,13)9-5-6-7(11)3-2-4-8(6)14-9/h2-5H,1H3.